The third kappa shape index (κ3) is 5.74. The van der Waals surface area contributed by atoms with Gasteiger partial charge in [0.05, 0.1) is 5.56 Å². The van der Waals surface area contributed by atoms with E-state index in [1.165, 1.54) is 0 Å². The van der Waals surface area contributed by atoms with Crippen LogP contribution in [0.25, 0.3) is 0 Å². The maximum atomic E-state index is 13.5. The average molecular weight is 358 g/mol. The second kappa shape index (κ2) is 10.2. The zero-order chi connectivity index (χ0) is 21.7. The van der Waals surface area contributed by atoms with Gasteiger partial charge in [0.1, 0.15) is 6.61 Å². The molecule has 1 N–H and O–H groups in total. The number of aliphatic hydroxyl groups is 1. The molecule has 0 spiro atoms. The van der Waals surface area contributed by atoms with Crippen molar-refractivity contribution in [3.8, 4) is 0 Å². The summed E-state index contributed by atoms with van der Waals surface area (Å²) in [6, 6.07) is 0. The lowest BCUT2D eigenvalue weighted by molar-refractivity contribution is -0.145. The molecule has 0 saturated carbocycles. The summed E-state index contributed by atoms with van der Waals surface area (Å²) in [5.41, 5.74) is -1.31. The summed E-state index contributed by atoms with van der Waals surface area (Å²) >= 11 is 0. The highest BCUT2D eigenvalue weighted by atomic mass is 19.2. The van der Waals surface area contributed by atoms with Crippen molar-refractivity contribution in [1.82, 2.24) is 0 Å². The predicted octanol–water partition coefficient (Wildman–Crippen LogP) is 4.15. The summed E-state index contributed by atoms with van der Waals surface area (Å²) in [6.07, 6.45) is -5.77. The third-order valence-corrected chi connectivity index (χ3v) is 2.95. The van der Waals surface area contributed by atoms with E-state index in [1.807, 2.05) is 0 Å². The molecule has 1 aromatic carbocycles. The van der Waals surface area contributed by atoms with Gasteiger partial charge < -0.3 is 9.84 Å². The molecular formula is C16H19F5O3. The number of hydrogen-bond acceptors (Lipinski definition) is 3. The summed E-state index contributed by atoms with van der Waals surface area (Å²) in [7, 11) is 0. The number of carbonyl (C=O) groups is 1. The minimum atomic E-state index is -2.33. The van der Waals surface area contributed by atoms with Gasteiger partial charge >= 0.3 is 5.97 Å². The van der Waals surface area contributed by atoms with Crippen LogP contribution in [0, 0.1) is 29.1 Å². The maximum absolute atomic E-state index is 13.5. The molecule has 0 bridgehead atoms. The van der Waals surface area contributed by atoms with Gasteiger partial charge in [-0.1, -0.05) is 25.6 Å². The van der Waals surface area contributed by atoms with Crippen molar-refractivity contribution in [3.05, 3.63) is 34.6 Å². The van der Waals surface area contributed by atoms with Crippen molar-refractivity contribution in [2.75, 3.05) is 6.61 Å². The third-order valence-electron chi connectivity index (χ3n) is 2.95. The average Bonchev–Trinajstić information content (AvgIpc) is 2.62. The van der Waals surface area contributed by atoms with Gasteiger partial charge in [-0.05, 0) is 12.8 Å². The molecule has 1 aromatic rings. The number of ether oxygens (including phenoxy) is 1. The molecule has 0 aliphatic rings. The number of halogens is 5. The minimum absolute atomic E-state index is 0.0521. The maximum Gasteiger partial charge on any atom is 0.306 e. The smallest absolute Gasteiger partial charge is 0.306 e. The Hall–Kier alpha value is -1.70. The van der Waals surface area contributed by atoms with Gasteiger partial charge in [-0.25, -0.2) is 22.0 Å². The Labute approximate surface area is 142 Å². The molecule has 24 heavy (non-hydrogen) atoms. The van der Waals surface area contributed by atoms with Crippen molar-refractivity contribution < 1.29 is 42.1 Å². The lowest BCUT2D eigenvalue weighted by atomic mass is 10.1. The van der Waals surface area contributed by atoms with E-state index in [0.29, 0.717) is 0 Å². The van der Waals surface area contributed by atoms with Crippen molar-refractivity contribution in [1.29, 1.82) is 0 Å². The molecule has 0 aliphatic carbocycles. The van der Waals surface area contributed by atoms with E-state index >= 15 is 0 Å². The molecule has 0 radical (unpaired) electrons. The summed E-state index contributed by atoms with van der Waals surface area (Å²) in [6.45, 7) is -1.51. The Morgan fingerprint density at radius 1 is 0.875 bits per heavy atom. The molecule has 3 nitrogen and oxygen atoms in total. The standard InChI is InChI=1S/C16H19F5O3/c17-12-10(13(18)15(20)16(21)14(12)19)9-24-11(23)7-5-3-1-2-4-6-8-22/h22H,1-9H2/i1D2,2D2. The molecule has 0 unspecified atom stereocenters. The van der Waals surface area contributed by atoms with Crippen LogP contribution in [0.1, 0.15) is 55.9 Å². The van der Waals surface area contributed by atoms with Crippen LogP contribution in [-0.2, 0) is 16.1 Å². The van der Waals surface area contributed by atoms with Crippen molar-refractivity contribution >= 4 is 5.97 Å². The normalized spacial score (nSPS) is 14.6. The van der Waals surface area contributed by atoms with Crippen LogP contribution in [0.2, 0.25) is 0 Å². The van der Waals surface area contributed by atoms with E-state index in [0.717, 1.165) is 0 Å². The van der Waals surface area contributed by atoms with E-state index in [9.17, 15) is 26.7 Å². The van der Waals surface area contributed by atoms with Gasteiger partial charge in [0.2, 0.25) is 5.82 Å². The fourth-order valence-corrected chi connectivity index (χ4v) is 1.67. The second-order valence-corrected chi connectivity index (χ2v) is 4.74. The Kier molecular flexibility index (Phi) is 6.23. The highest BCUT2D eigenvalue weighted by molar-refractivity contribution is 5.69. The van der Waals surface area contributed by atoms with Gasteiger partial charge in [-0.15, -0.1) is 0 Å². The molecule has 8 heteroatoms. The molecule has 0 fully saturated rings. The van der Waals surface area contributed by atoms with Crippen molar-refractivity contribution in [3.63, 3.8) is 0 Å². The molecule has 0 saturated heterocycles. The quantitative estimate of drug-likeness (QED) is 0.296. The van der Waals surface area contributed by atoms with E-state index < -0.39 is 66.4 Å². The number of aliphatic hydroxyl groups excluding tert-OH is 1. The Morgan fingerprint density at radius 2 is 1.38 bits per heavy atom. The molecule has 0 amide bonds. The summed E-state index contributed by atoms with van der Waals surface area (Å²) < 4.78 is 101. The summed E-state index contributed by atoms with van der Waals surface area (Å²) in [4.78, 5) is 11.6. The minimum Gasteiger partial charge on any atom is -0.461 e. The number of benzene rings is 1. The van der Waals surface area contributed by atoms with E-state index in [-0.39, 0.29) is 32.3 Å². The highest BCUT2D eigenvalue weighted by Crippen LogP contribution is 2.23. The molecule has 0 heterocycles. The lowest BCUT2D eigenvalue weighted by Crippen LogP contribution is -2.11. The largest absolute Gasteiger partial charge is 0.461 e. The van der Waals surface area contributed by atoms with Crippen LogP contribution in [-0.4, -0.2) is 17.7 Å². The number of hydrogen-bond donors (Lipinski definition) is 1. The first-order valence-corrected chi connectivity index (χ1v) is 7.12. The van der Waals surface area contributed by atoms with Gasteiger partial charge in [0, 0.05) is 18.5 Å². The monoisotopic (exact) mass is 358 g/mol. The summed E-state index contributed by atoms with van der Waals surface area (Å²) in [5.74, 6) is -12.0. The topological polar surface area (TPSA) is 46.5 Å². The SMILES string of the molecule is [2H]C([2H])(CCCO)C([2H])([2H])CCCC(=O)OCc1c(F)c(F)c(F)c(F)c1F. The lowest BCUT2D eigenvalue weighted by Gasteiger charge is -2.09. The van der Waals surface area contributed by atoms with Gasteiger partial charge in [0.15, 0.2) is 23.3 Å². The van der Waals surface area contributed by atoms with E-state index in [4.69, 9.17) is 10.6 Å². The zero-order valence-electron chi connectivity index (χ0n) is 16.6. The Bertz CT molecular complexity index is 687. The number of esters is 1. The second-order valence-electron chi connectivity index (χ2n) is 4.74. The first-order valence-electron chi connectivity index (χ1n) is 9.12. The van der Waals surface area contributed by atoms with Crippen LogP contribution in [0.15, 0.2) is 0 Å². The van der Waals surface area contributed by atoms with Crippen molar-refractivity contribution in [2.45, 2.75) is 51.5 Å². The van der Waals surface area contributed by atoms with Crippen LogP contribution >= 0.6 is 0 Å². The number of rotatable bonds is 10. The number of carbonyl (C=O) groups excluding carboxylic acids is 1. The predicted molar refractivity (Wildman–Crippen MR) is 75.4 cm³/mol. The van der Waals surface area contributed by atoms with Crippen LogP contribution in [0.4, 0.5) is 22.0 Å². The highest BCUT2D eigenvalue weighted by Gasteiger charge is 2.26. The molecule has 0 aromatic heterocycles. The van der Waals surface area contributed by atoms with E-state index in [1.54, 1.807) is 0 Å². The molecule has 0 aliphatic heterocycles. The van der Waals surface area contributed by atoms with Gasteiger partial charge in [0.25, 0.3) is 0 Å². The van der Waals surface area contributed by atoms with Crippen LogP contribution in [0.5, 0.6) is 0 Å². The molecule has 1 rings (SSSR count). The van der Waals surface area contributed by atoms with Crippen LogP contribution < -0.4 is 0 Å². The molecule has 136 valence electrons. The van der Waals surface area contributed by atoms with E-state index in [2.05, 4.69) is 4.74 Å². The van der Waals surface area contributed by atoms with Gasteiger partial charge in [-0.2, -0.15) is 0 Å². The van der Waals surface area contributed by atoms with Gasteiger partial charge in [-0.3, -0.25) is 4.79 Å². The fourth-order valence-electron chi connectivity index (χ4n) is 1.67. The summed E-state index contributed by atoms with van der Waals surface area (Å²) in [5, 5.41) is 8.71. The zero-order valence-corrected chi connectivity index (χ0v) is 12.6. The first-order chi connectivity index (χ1) is 12.9. The Balaban J connectivity index is 2.61. The molecular weight excluding hydrogens is 335 g/mol. The van der Waals surface area contributed by atoms with Crippen molar-refractivity contribution in [2.24, 2.45) is 0 Å². The Morgan fingerprint density at radius 3 is 1.92 bits per heavy atom. The first kappa shape index (κ1) is 14.6. The fraction of sp³-hybridized carbons (Fsp3) is 0.562. The molecule has 0 atom stereocenters. The van der Waals surface area contributed by atoms with Crippen LogP contribution in [0.3, 0.4) is 0 Å².